The second kappa shape index (κ2) is 7.07. The summed E-state index contributed by atoms with van der Waals surface area (Å²) in [6.07, 6.45) is 2.96. The molecule has 102 valence electrons. The Hall–Kier alpha value is -0.650. The van der Waals surface area contributed by atoms with Crippen molar-refractivity contribution < 1.29 is 8.42 Å². The van der Waals surface area contributed by atoms with Crippen molar-refractivity contribution in [1.29, 1.82) is 0 Å². The Morgan fingerprint density at radius 2 is 2.00 bits per heavy atom. The zero-order valence-electron chi connectivity index (χ0n) is 10.0. The molecule has 0 atom stereocenters. The maximum absolute atomic E-state index is 11.1. The van der Waals surface area contributed by atoms with Gasteiger partial charge in [0.1, 0.15) is 0 Å². The molecule has 1 rings (SSSR count). The van der Waals surface area contributed by atoms with Crippen LogP contribution in [0.25, 0.3) is 0 Å². The molecule has 0 unspecified atom stereocenters. The number of hydrogen-bond donors (Lipinski definition) is 2. The van der Waals surface area contributed by atoms with Crippen LogP contribution in [0.2, 0.25) is 5.02 Å². The molecule has 18 heavy (non-hydrogen) atoms. The fraction of sp³-hybridized carbons (Fsp3) is 0.455. The van der Waals surface area contributed by atoms with E-state index < -0.39 is 10.0 Å². The van der Waals surface area contributed by atoms with Crippen molar-refractivity contribution in [3.05, 3.63) is 23.2 Å². The van der Waals surface area contributed by atoms with Crippen LogP contribution in [0.3, 0.4) is 0 Å². The van der Waals surface area contributed by atoms with Crippen LogP contribution in [-0.2, 0) is 10.0 Å². The van der Waals surface area contributed by atoms with Gasteiger partial charge in [-0.3, -0.25) is 4.72 Å². The SMILES string of the molecule is CS(=O)(=O)Nc1ccc(Cl)c(NCCCCCl)c1. The molecule has 0 aliphatic carbocycles. The van der Waals surface area contributed by atoms with Crippen molar-refractivity contribution in [2.45, 2.75) is 12.8 Å². The maximum atomic E-state index is 11.1. The summed E-state index contributed by atoms with van der Waals surface area (Å²) in [6.45, 7) is 0.745. The first kappa shape index (κ1) is 15.4. The van der Waals surface area contributed by atoms with Gasteiger partial charge in [0.2, 0.25) is 10.0 Å². The number of sulfonamides is 1. The Morgan fingerprint density at radius 1 is 1.28 bits per heavy atom. The van der Waals surface area contributed by atoms with Gasteiger partial charge in [-0.25, -0.2) is 8.42 Å². The molecular weight excluding hydrogens is 295 g/mol. The molecule has 0 saturated heterocycles. The molecule has 4 nitrogen and oxygen atoms in total. The quantitative estimate of drug-likeness (QED) is 0.601. The lowest BCUT2D eigenvalue weighted by atomic mass is 10.2. The van der Waals surface area contributed by atoms with E-state index in [1.54, 1.807) is 18.2 Å². The summed E-state index contributed by atoms with van der Waals surface area (Å²) in [5.74, 6) is 0.630. The van der Waals surface area contributed by atoms with E-state index in [9.17, 15) is 8.42 Å². The predicted octanol–water partition coefficient (Wildman–Crippen LogP) is 3.14. The van der Waals surface area contributed by atoms with E-state index >= 15 is 0 Å². The fourth-order valence-electron chi connectivity index (χ4n) is 1.38. The standard InChI is InChI=1S/C11H16Cl2N2O2S/c1-18(16,17)15-9-4-5-10(13)11(8-9)14-7-3-2-6-12/h4-5,8,14-15H,2-3,6-7H2,1H3. The van der Waals surface area contributed by atoms with Gasteiger partial charge in [0.15, 0.2) is 0 Å². The third kappa shape index (κ3) is 5.80. The Morgan fingerprint density at radius 3 is 2.61 bits per heavy atom. The highest BCUT2D eigenvalue weighted by Crippen LogP contribution is 2.25. The van der Waals surface area contributed by atoms with E-state index in [1.165, 1.54) is 0 Å². The summed E-state index contributed by atoms with van der Waals surface area (Å²) in [5.41, 5.74) is 1.20. The van der Waals surface area contributed by atoms with Crippen LogP contribution in [0.1, 0.15) is 12.8 Å². The minimum atomic E-state index is -3.27. The molecule has 0 bridgehead atoms. The number of halogens is 2. The lowest BCUT2D eigenvalue weighted by molar-refractivity contribution is 0.607. The van der Waals surface area contributed by atoms with Crippen LogP contribution in [0.5, 0.6) is 0 Å². The van der Waals surface area contributed by atoms with Crippen molar-refractivity contribution in [2.24, 2.45) is 0 Å². The number of rotatable bonds is 7. The van der Waals surface area contributed by atoms with Crippen molar-refractivity contribution in [3.63, 3.8) is 0 Å². The number of hydrogen-bond acceptors (Lipinski definition) is 3. The molecule has 0 aromatic heterocycles. The van der Waals surface area contributed by atoms with Crippen molar-refractivity contribution in [1.82, 2.24) is 0 Å². The monoisotopic (exact) mass is 310 g/mol. The van der Waals surface area contributed by atoms with Gasteiger partial charge in [-0.15, -0.1) is 11.6 Å². The van der Waals surface area contributed by atoms with Crippen molar-refractivity contribution in [2.75, 3.05) is 28.7 Å². The minimum Gasteiger partial charge on any atom is -0.384 e. The molecule has 7 heteroatoms. The molecule has 0 aliphatic heterocycles. The second-order valence-corrected chi connectivity index (χ2v) is 6.43. The smallest absolute Gasteiger partial charge is 0.229 e. The summed E-state index contributed by atoms with van der Waals surface area (Å²) in [7, 11) is -3.27. The van der Waals surface area contributed by atoms with Crippen molar-refractivity contribution in [3.8, 4) is 0 Å². The minimum absolute atomic E-state index is 0.488. The topological polar surface area (TPSA) is 58.2 Å². The van der Waals surface area contributed by atoms with E-state index in [0.29, 0.717) is 22.3 Å². The average Bonchev–Trinajstić information content (AvgIpc) is 2.26. The largest absolute Gasteiger partial charge is 0.384 e. The molecule has 1 aromatic rings. The van der Waals surface area contributed by atoms with E-state index in [2.05, 4.69) is 10.0 Å². The van der Waals surface area contributed by atoms with Gasteiger partial charge in [0.05, 0.1) is 22.7 Å². The second-order valence-electron chi connectivity index (χ2n) is 3.89. The molecule has 0 aliphatic rings. The number of unbranched alkanes of at least 4 members (excludes halogenated alkanes) is 1. The highest BCUT2D eigenvalue weighted by Gasteiger charge is 2.05. The summed E-state index contributed by atoms with van der Waals surface area (Å²) in [5, 5.41) is 3.70. The molecule has 1 aromatic carbocycles. The molecule has 0 fully saturated rings. The molecule has 0 radical (unpaired) electrons. The van der Waals surface area contributed by atoms with Gasteiger partial charge in [0, 0.05) is 12.4 Å². The molecule has 0 heterocycles. The van der Waals surface area contributed by atoms with Crippen molar-refractivity contribution >= 4 is 44.6 Å². The average molecular weight is 311 g/mol. The van der Waals surface area contributed by atoms with Crippen LogP contribution in [-0.4, -0.2) is 27.1 Å². The fourth-order valence-corrected chi connectivity index (χ4v) is 2.31. The van der Waals surface area contributed by atoms with E-state index in [-0.39, 0.29) is 0 Å². The Balaban J connectivity index is 2.69. The number of anilines is 2. The molecule has 0 spiro atoms. The van der Waals surface area contributed by atoms with Gasteiger partial charge in [-0.2, -0.15) is 0 Å². The summed E-state index contributed by atoms with van der Waals surface area (Å²) < 4.78 is 24.6. The highest BCUT2D eigenvalue weighted by atomic mass is 35.5. The Bertz CT molecular complexity index is 492. The zero-order valence-corrected chi connectivity index (χ0v) is 12.4. The third-order valence-corrected chi connectivity index (χ3v) is 3.35. The van der Waals surface area contributed by atoms with Crippen LogP contribution < -0.4 is 10.0 Å². The lowest BCUT2D eigenvalue weighted by Crippen LogP contribution is -2.10. The summed E-state index contributed by atoms with van der Waals surface area (Å²) in [4.78, 5) is 0. The Kier molecular flexibility index (Phi) is 6.05. The summed E-state index contributed by atoms with van der Waals surface area (Å²) in [6, 6.07) is 4.94. The number of alkyl halides is 1. The van der Waals surface area contributed by atoms with Gasteiger partial charge in [-0.05, 0) is 31.0 Å². The van der Waals surface area contributed by atoms with E-state index in [4.69, 9.17) is 23.2 Å². The van der Waals surface area contributed by atoms with Gasteiger partial charge in [0.25, 0.3) is 0 Å². The van der Waals surface area contributed by atoms with Gasteiger partial charge in [-0.1, -0.05) is 11.6 Å². The van der Waals surface area contributed by atoms with Crippen LogP contribution >= 0.6 is 23.2 Å². The zero-order chi connectivity index (χ0) is 13.6. The number of nitrogens with one attached hydrogen (secondary N) is 2. The molecule has 0 saturated carbocycles. The lowest BCUT2D eigenvalue weighted by Gasteiger charge is -2.10. The number of benzene rings is 1. The normalized spacial score (nSPS) is 11.3. The van der Waals surface area contributed by atoms with Crippen LogP contribution in [0, 0.1) is 0 Å². The van der Waals surface area contributed by atoms with Gasteiger partial charge < -0.3 is 5.32 Å². The molecular formula is C11H16Cl2N2O2S. The van der Waals surface area contributed by atoms with Crippen LogP contribution in [0.15, 0.2) is 18.2 Å². The Labute approximate surface area is 118 Å². The first-order valence-corrected chi connectivity index (χ1v) is 8.30. The van der Waals surface area contributed by atoms with Gasteiger partial charge >= 0.3 is 0 Å². The van der Waals surface area contributed by atoms with E-state index in [0.717, 1.165) is 25.6 Å². The highest BCUT2D eigenvalue weighted by molar-refractivity contribution is 7.92. The van der Waals surface area contributed by atoms with E-state index in [1.807, 2.05) is 0 Å². The molecule has 0 amide bonds. The summed E-state index contributed by atoms with van der Waals surface area (Å²) >= 11 is 11.6. The first-order valence-electron chi connectivity index (χ1n) is 5.49. The van der Waals surface area contributed by atoms with Crippen LogP contribution in [0.4, 0.5) is 11.4 Å². The third-order valence-electron chi connectivity index (χ3n) is 2.15. The predicted molar refractivity (Wildman–Crippen MR) is 78.4 cm³/mol. The maximum Gasteiger partial charge on any atom is 0.229 e. The molecule has 2 N–H and O–H groups in total. The first-order chi connectivity index (χ1) is 8.42.